The van der Waals surface area contributed by atoms with Crippen molar-refractivity contribution in [3.63, 3.8) is 0 Å². The second-order valence-electron chi connectivity index (χ2n) is 7.57. The van der Waals surface area contributed by atoms with Crippen LogP contribution in [0.4, 0.5) is 27.7 Å². The number of aromatic nitrogens is 2. The Kier molecular flexibility index (Phi) is 5.20. The summed E-state index contributed by atoms with van der Waals surface area (Å²) in [5.74, 6) is 0.979. The summed E-state index contributed by atoms with van der Waals surface area (Å²) in [6, 6.07) is 8.21. The lowest BCUT2D eigenvalue weighted by molar-refractivity contribution is 0.121. The minimum atomic E-state index is -0.347. The molecule has 0 N–H and O–H groups in total. The average molecular weight is 399 g/mol. The van der Waals surface area contributed by atoms with Crippen molar-refractivity contribution < 1.29 is 13.9 Å². The maximum Gasteiger partial charge on any atom is 0.229 e. The van der Waals surface area contributed by atoms with E-state index in [9.17, 15) is 0 Å². The van der Waals surface area contributed by atoms with Crippen molar-refractivity contribution in [1.29, 1.82) is 0 Å². The Balaban J connectivity index is 1.60. The SMILES string of the molecule is Fc1c(N2CCOCC2)nc(N2CCOCC2)nc1N1CCCc2ccccc21. The van der Waals surface area contributed by atoms with Crippen LogP contribution in [-0.4, -0.2) is 69.1 Å². The number of morpholine rings is 2. The van der Waals surface area contributed by atoms with Gasteiger partial charge in [-0.1, -0.05) is 18.2 Å². The Morgan fingerprint density at radius 1 is 0.793 bits per heavy atom. The average Bonchev–Trinajstić information content (AvgIpc) is 2.80. The quantitative estimate of drug-likeness (QED) is 0.785. The van der Waals surface area contributed by atoms with Crippen LogP contribution in [0.5, 0.6) is 0 Å². The lowest BCUT2D eigenvalue weighted by atomic mass is 10.0. The van der Waals surface area contributed by atoms with E-state index in [-0.39, 0.29) is 5.82 Å². The first-order valence-corrected chi connectivity index (χ1v) is 10.4. The van der Waals surface area contributed by atoms with Crippen molar-refractivity contribution in [3.05, 3.63) is 35.6 Å². The molecule has 0 atom stereocenters. The van der Waals surface area contributed by atoms with Crippen LogP contribution in [0.3, 0.4) is 0 Å². The van der Waals surface area contributed by atoms with Crippen molar-refractivity contribution in [3.8, 4) is 0 Å². The van der Waals surface area contributed by atoms with E-state index in [2.05, 4.69) is 22.0 Å². The summed E-state index contributed by atoms with van der Waals surface area (Å²) in [5.41, 5.74) is 2.27. The molecule has 0 spiro atoms. The van der Waals surface area contributed by atoms with Crippen LogP contribution in [0.1, 0.15) is 12.0 Å². The Morgan fingerprint density at radius 2 is 1.45 bits per heavy atom. The lowest BCUT2D eigenvalue weighted by Crippen LogP contribution is -2.40. The summed E-state index contributed by atoms with van der Waals surface area (Å²) in [7, 11) is 0. The van der Waals surface area contributed by atoms with E-state index < -0.39 is 0 Å². The van der Waals surface area contributed by atoms with Crippen LogP contribution in [0.25, 0.3) is 0 Å². The highest BCUT2D eigenvalue weighted by Crippen LogP contribution is 2.37. The summed E-state index contributed by atoms with van der Waals surface area (Å²) in [4.78, 5) is 15.5. The van der Waals surface area contributed by atoms with E-state index in [1.807, 2.05) is 21.9 Å². The van der Waals surface area contributed by atoms with Gasteiger partial charge in [-0.15, -0.1) is 0 Å². The van der Waals surface area contributed by atoms with Gasteiger partial charge >= 0.3 is 0 Å². The third kappa shape index (κ3) is 3.62. The number of para-hydroxylation sites is 1. The molecule has 5 rings (SSSR count). The highest BCUT2D eigenvalue weighted by atomic mass is 19.1. The van der Waals surface area contributed by atoms with Gasteiger partial charge in [0.25, 0.3) is 0 Å². The van der Waals surface area contributed by atoms with E-state index in [0.29, 0.717) is 70.2 Å². The van der Waals surface area contributed by atoms with Crippen LogP contribution < -0.4 is 14.7 Å². The number of hydrogen-bond acceptors (Lipinski definition) is 7. The van der Waals surface area contributed by atoms with Gasteiger partial charge in [0.05, 0.1) is 26.4 Å². The van der Waals surface area contributed by atoms with Gasteiger partial charge < -0.3 is 24.2 Å². The zero-order chi connectivity index (χ0) is 19.6. The summed E-state index contributed by atoms with van der Waals surface area (Å²) in [6.45, 7) is 5.87. The molecule has 0 unspecified atom stereocenters. The zero-order valence-electron chi connectivity index (χ0n) is 16.5. The number of aryl methyl sites for hydroxylation is 1. The van der Waals surface area contributed by atoms with Crippen LogP contribution >= 0.6 is 0 Å². The minimum Gasteiger partial charge on any atom is -0.378 e. The summed E-state index contributed by atoms with van der Waals surface area (Å²) in [5, 5.41) is 0. The first-order chi connectivity index (χ1) is 14.3. The number of fused-ring (bicyclic) bond motifs is 1. The molecule has 29 heavy (non-hydrogen) atoms. The number of benzene rings is 1. The molecule has 154 valence electrons. The second kappa shape index (κ2) is 8.12. The molecule has 0 amide bonds. The molecule has 3 aliphatic heterocycles. The molecule has 2 aromatic rings. The Hall–Kier alpha value is -2.45. The Bertz CT molecular complexity index is 868. The summed E-state index contributed by atoms with van der Waals surface area (Å²) in [6.07, 6.45) is 1.98. The van der Waals surface area contributed by atoms with E-state index >= 15 is 4.39 Å². The van der Waals surface area contributed by atoms with Gasteiger partial charge in [-0.05, 0) is 24.5 Å². The number of anilines is 4. The Labute approximate surface area is 170 Å². The number of hydrogen-bond donors (Lipinski definition) is 0. The molecule has 0 radical (unpaired) electrons. The number of halogens is 1. The van der Waals surface area contributed by atoms with E-state index in [4.69, 9.17) is 14.5 Å². The topological polar surface area (TPSA) is 54.0 Å². The molecule has 8 heteroatoms. The molecule has 1 aromatic carbocycles. The minimum absolute atomic E-state index is 0.347. The van der Waals surface area contributed by atoms with Crippen molar-refractivity contribution in [2.75, 3.05) is 73.9 Å². The van der Waals surface area contributed by atoms with Crippen LogP contribution in [0.2, 0.25) is 0 Å². The van der Waals surface area contributed by atoms with E-state index in [0.717, 1.165) is 25.1 Å². The first-order valence-electron chi connectivity index (χ1n) is 10.4. The monoisotopic (exact) mass is 399 g/mol. The third-order valence-electron chi connectivity index (χ3n) is 5.77. The molecule has 2 saturated heterocycles. The van der Waals surface area contributed by atoms with Gasteiger partial charge in [0, 0.05) is 38.4 Å². The smallest absolute Gasteiger partial charge is 0.229 e. The predicted octanol–water partition coefficient (Wildman–Crippen LogP) is 2.37. The van der Waals surface area contributed by atoms with Crippen molar-refractivity contribution in [2.45, 2.75) is 12.8 Å². The fourth-order valence-corrected chi connectivity index (χ4v) is 4.23. The maximum atomic E-state index is 15.8. The third-order valence-corrected chi connectivity index (χ3v) is 5.77. The molecule has 2 fully saturated rings. The molecular formula is C21H26FN5O2. The van der Waals surface area contributed by atoms with Crippen LogP contribution in [0.15, 0.2) is 24.3 Å². The number of rotatable bonds is 3. The van der Waals surface area contributed by atoms with Crippen molar-refractivity contribution in [1.82, 2.24) is 9.97 Å². The lowest BCUT2D eigenvalue weighted by Gasteiger charge is -2.35. The predicted molar refractivity (Wildman–Crippen MR) is 110 cm³/mol. The van der Waals surface area contributed by atoms with E-state index in [1.165, 1.54) is 5.56 Å². The highest BCUT2D eigenvalue weighted by molar-refractivity contribution is 5.69. The van der Waals surface area contributed by atoms with Gasteiger partial charge in [0.1, 0.15) is 0 Å². The normalized spacial score (nSPS) is 20.0. The Morgan fingerprint density at radius 3 is 2.21 bits per heavy atom. The van der Waals surface area contributed by atoms with E-state index in [1.54, 1.807) is 0 Å². The molecule has 0 bridgehead atoms. The van der Waals surface area contributed by atoms with Gasteiger partial charge in [-0.2, -0.15) is 14.4 Å². The van der Waals surface area contributed by atoms with Gasteiger partial charge in [0.15, 0.2) is 11.6 Å². The molecule has 1 aromatic heterocycles. The maximum absolute atomic E-state index is 15.8. The molecular weight excluding hydrogens is 373 g/mol. The summed E-state index contributed by atoms with van der Waals surface area (Å²) < 4.78 is 26.7. The van der Waals surface area contributed by atoms with Gasteiger partial charge in [-0.25, -0.2) is 0 Å². The largest absolute Gasteiger partial charge is 0.378 e. The van der Waals surface area contributed by atoms with Gasteiger partial charge in [0.2, 0.25) is 11.8 Å². The zero-order valence-corrected chi connectivity index (χ0v) is 16.5. The van der Waals surface area contributed by atoms with Crippen LogP contribution in [0, 0.1) is 5.82 Å². The van der Waals surface area contributed by atoms with Crippen molar-refractivity contribution >= 4 is 23.3 Å². The standard InChI is InChI=1S/C21H26FN5O2/c22-18-19(25-8-12-28-13-9-25)23-21(26-10-14-29-15-11-26)24-20(18)27-7-3-5-16-4-1-2-6-17(16)27/h1-2,4,6H,3,5,7-15H2. The van der Waals surface area contributed by atoms with Crippen LogP contribution in [-0.2, 0) is 15.9 Å². The molecule has 0 saturated carbocycles. The highest BCUT2D eigenvalue weighted by Gasteiger charge is 2.29. The first kappa shape index (κ1) is 18.6. The molecule has 3 aliphatic rings. The fourth-order valence-electron chi connectivity index (χ4n) is 4.23. The molecule has 0 aliphatic carbocycles. The number of ether oxygens (including phenoxy) is 2. The van der Waals surface area contributed by atoms with Gasteiger partial charge in [-0.3, -0.25) is 0 Å². The van der Waals surface area contributed by atoms with Crippen molar-refractivity contribution in [2.24, 2.45) is 0 Å². The summed E-state index contributed by atoms with van der Waals surface area (Å²) >= 11 is 0. The molecule has 7 nitrogen and oxygen atoms in total. The second-order valence-corrected chi connectivity index (χ2v) is 7.57. The molecule has 4 heterocycles. The fraction of sp³-hybridized carbons (Fsp3) is 0.524. The number of nitrogens with zero attached hydrogens (tertiary/aromatic N) is 5.